The minimum absolute atomic E-state index is 0. The van der Waals surface area contributed by atoms with Crippen molar-refractivity contribution in [3.8, 4) is 0 Å². The molecule has 0 saturated carbocycles. The van der Waals surface area contributed by atoms with Crippen LogP contribution in [0.4, 0.5) is 0 Å². The molecule has 0 spiro atoms. The number of rotatable bonds is 0. The van der Waals surface area contributed by atoms with E-state index in [4.69, 9.17) is 0 Å². The summed E-state index contributed by atoms with van der Waals surface area (Å²) in [7, 11) is 0. The Morgan fingerprint density at radius 3 is 2.87 bits per heavy atom. The SMILES string of the molecule is [V].c1ccc2c(c1)CCC1[N-]CCN1C2. The van der Waals surface area contributed by atoms with Gasteiger partial charge in [-0.2, -0.15) is 0 Å². The van der Waals surface area contributed by atoms with Gasteiger partial charge >= 0.3 is 0 Å². The summed E-state index contributed by atoms with van der Waals surface area (Å²) < 4.78 is 0. The van der Waals surface area contributed by atoms with E-state index in [-0.39, 0.29) is 18.6 Å². The first-order valence-electron chi connectivity index (χ1n) is 5.41. The van der Waals surface area contributed by atoms with Crippen LogP contribution in [-0.4, -0.2) is 24.2 Å². The first-order chi connectivity index (χ1) is 6.93. The van der Waals surface area contributed by atoms with Gasteiger partial charge in [-0.25, -0.2) is 0 Å². The van der Waals surface area contributed by atoms with Crippen LogP contribution in [0.5, 0.6) is 0 Å². The third-order valence-electron chi connectivity index (χ3n) is 3.31. The maximum absolute atomic E-state index is 4.63. The fraction of sp³-hybridized carbons (Fsp3) is 0.500. The molecule has 1 fully saturated rings. The molecule has 0 aromatic heterocycles. The Balaban J connectivity index is 0.000000853. The van der Waals surface area contributed by atoms with Crippen LogP contribution in [0.15, 0.2) is 24.3 Å². The first-order valence-corrected chi connectivity index (χ1v) is 5.41. The van der Waals surface area contributed by atoms with E-state index < -0.39 is 0 Å². The Kier molecular flexibility index (Phi) is 3.52. The van der Waals surface area contributed by atoms with Crippen LogP contribution in [0.25, 0.3) is 5.32 Å². The Morgan fingerprint density at radius 2 is 2.00 bits per heavy atom. The predicted octanol–water partition coefficient (Wildman–Crippen LogP) is 2.15. The summed E-state index contributed by atoms with van der Waals surface area (Å²) in [5.41, 5.74) is 3.03. The summed E-state index contributed by atoms with van der Waals surface area (Å²) in [5.74, 6) is 0. The molecule has 2 aliphatic rings. The van der Waals surface area contributed by atoms with Crippen LogP contribution in [-0.2, 0) is 31.5 Å². The van der Waals surface area contributed by atoms with E-state index in [1.54, 1.807) is 0 Å². The van der Waals surface area contributed by atoms with Gasteiger partial charge in [-0.15, -0.1) is 6.54 Å². The third-order valence-corrected chi connectivity index (χ3v) is 3.31. The van der Waals surface area contributed by atoms with E-state index in [1.165, 1.54) is 24.0 Å². The quantitative estimate of drug-likeness (QED) is 0.677. The maximum Gasteiger partial charge on any atom is 0.0219 e. The molecular formula is C12H15N2V-. The Labute approximate surface area is 103 Å². The molecule has 79 valence electrons. The van der Waals surface area contributed by atoms with Crippen molar-refractivity contribution in [2.45, 2.75) is 25.6 Å². The van der Waals surface area contributed by atoms with Crippen molar-refractivity contribution >= 4 is 0 Å². The van der Waals surface area contributed by atoms with Crippen molar-refractivity contribution in [1.82, 2.24) is 4.90 Å². The van der Waals surface area contributed by atoms with Gasteiger partial charge in [-0.05, 0) is 24.1 Å². The van der Waals surface area contributed by atoms with Gasteiger partial charge < -0.3 is 10.2 Å². The minimum Gasteiger partial charge on any atom is -0.646 e. The van der Waals surface area contributed by atoms with Gasteiger partial charge in [0.2, 0.25) is 0 Å². The normalized spacial score (nSPS) is 24.9. The fourth-order valence-corrected chi connectivity index (χ4v) is 2.52. The molecule has 1 unspecified atom stereocenters. The van der Waals surface area contributed by atoms with Crippen molar-refractivity contribution in [1.29, 1.82) is 0 Å². The van der Waals surface area contributed by atoms with Gasteiger partial charge in [-0.1, -0.05) is 36.9 Å². The van der Waals surface area contributed by atoms with E-state index in [2.05, 4.69) is 34.5 Å². The van der Waals surface area contributed by atoms with E-state index >= 15 is 0 Å². The van der Waals surface area contributed by atoms with Crippen molar-refractivity contribution < 1.29 is 18.6 Å². The summed E-state index contributed by atoms with van der Waals surface area (Å²) in [6.07, 6.45) is 2.90. The van der Waals surface area contributed by atoms with Crippen LogP contribution in [0.3, 0.4) is 0 Å². The minimum atomic E-state index is 0. The molecule has 0 bridgehead atoms. The van der Waals surface area contributed by atoms with Crippen LogP contribution < -0.4 is 0 Å². The molecule has 0 amide bonds. The van der Waals surface area contributed by atoms with Crippen LogP contribution in [0.2, 0.25) is 0 Å². The van der Waals surface area contributed by atoms with Crippen molar-refractivity contribution in [3.05, 3.63) is 40.7 Å². The number of benzene rings is 1. The standard InChI is InChI=1S/C12H15N2.V/c1-2-4-11-9-14-8-7-13-12(14)6-5-10(11)3-1;/h1-4,12H,5-9H2;/q-1;. The largest absolute Gasteiger partial charge is 0.646 e. The molecule has 1 saturated heterocycles. The molecule has 2 aliphatic heterocycles. The van der Waals surface area contributed by atoms with E-state index in [0.717, 1.165) is 19.6 Å². The molecule has 2 nitrogen and oxygen atoms in total. The van der Waals surface area contributed by atoms with Crippen molar-refractivity contribution in [2.75, 3.05) is 13.1 Å². The van der Waals surface area contributed by atoms with E-state index in [0.29, 0.717) is 6.17 Å². The zero-order valence-corrected chi connectivity index (χ0v) is 10.2. The average molecular weight is 238 g/mol. The molecule has 2 heterocycles. The summed E-state index contributed by atoms with van der Waals surface area (Å²) in [6.45, 7) is 3.29. The van der Waals surface area contributed by atoms with Crippen LogP contribution in [0.1, 0.15) is 17.5 Å². The first kappa shape index (κ1) is 11.2. The second kappa shape index (κ2) is 4.71. The number of aryl methyl sites for hydroxylation is 1. The smallest absolute Gasteiger partial charge is 0.0219 e. The zero-order valence-electron chi connectivity index (χ0n) is 8.76. The van der Waals surface area contributed by atoms with Gasteiger partial charge in [0.05, 0.1) is 0 Å². The van der Waals surface area contributed by atoms with Crippen molar-refractivity contribution in [3.63, 3.8) is 0 Å². The van der Waals surface area contributed by atoms with Gasteiger partial charge in [-0.3, -0.25) is 0 Å². The summed E-state index contributed by atoms with van der Waals surface area (Å²) in [6, 6.07) is 8.81. The van der Waals surface area contributed by atoms with Gasteiger partial charge in [0.25, 0.3) is 0 Å². The molecule has 0 N–H and O–H groups in total. The van der Waals surface area contributed by atoms with Gasteiger partial charge in [0, 0.05) is 25.1 Å². The molecule has 0 aliphatic carbocycles. The zero-order chi connectivity index (χ0) is 9.38. The van der Waals surface area contributed by atoms with Gasteiger partial charge in [0.1, 0.15) is 0 Å². The molecule has 15 heavy (non-hydrogen) atoms. The Morgan fingerprint density at radius 1 is 1.20 bits per heavy atom. The number of hydrogen-bond acceptors (Lipinski definition) is 1. The predicted molar refractivity (Wildman–Crippen MR) is 57.2 cm³/mol. The van der Waals surface area contributed by atoms with Gasteiger partial charge in [0.15, 0.2) is 0 Å². The second-order valence-corrected chi connectivity index (χ2v) is 4.16. The average Bonchev–Trinajstić information content (AvgIpc) is 2.58. The fourth-order valence-electron chi connectivity index (χ4n) is 2.52. The molecule has 3 rings (SSSR count). The molecule has 3 heteroatoms. The van der Waals surface area contributed by atoms with Crippen molar-refractivity contribution in [2.24, 2.45) is 0 Å². The second-order valence-electron chi connectivity index (χ2n) is 4.16. The monoisotopic (exact) mass is 238 g/mol. The van der Waals surface area contributed by atoms with Crippen LogP contribution in [0, 0.1) is 0 Å². The molecule has 1 atom stereocenters. The number of fused-ring (bicyclic) bond motifs is 2. The van der Waals surface area contributed by atoms with E-state index in [1.807, 2.05) is 0 Å². The summed E-state index contributed by atoms with van der Waals surface area (Å²) >= 11 is 0. The Hall–Kier alpha value is -0.276. The summed E-state index contributed by atoms with van der Waals surface area (Å²) in [5, 5.41) is 4.63. The molecule has 1 radical (unpaired) electrons. The molecular weight excluding hydrogens is 223 g/mol. The Bertz CT molecular complexity index is 340. The number of nitrogens with zero attached hydrogens (tertiary/aromatic N) is 2. The third kappa shape index (κ3) is 2.14. The van der Waals surface area contributed by atoms with E-state index in [9.17, 15) is 0 Å². The topological polar surface area (TPSA) is 17.3 Å². The molecule has 1 aromatic rings. The maximum atomic E-state index is 4.63. The summed E-state index contributed by atoms with van der Waals surface area (Å²) in [4.78, 5) is 2.51. The van der Waals surface area contributed by atoms with Crippen LogP contribution >= 0.6 is 0 Å². The number of hydrogen-bond donors (Lipinski definition) is 0. The molecule has 1 aromatic carbocycles.